The summed E-state index contributed by atoms with van der Waals surface area (Å²) in [5.41, 5.74) is 1.06. The van der Waals surface area contributed by atoms with E-state index in [1.165, 1.54) is 12.1 Å². The van der Waals surface area contributed by atoms with Crippen molar-refractivity contribution in [1.82, 2.24) is 10.6 Å². The Morgan fingerprint density at radius 3 is 2.54 bits per heavy atom. The van der Waals surface area contributed by atoms with Crippen molar-refractivity contribution in [2.45, 2.75) is 44.1 Å². The number of hydrogen-bond donors (Lipinski definition) is 3. The predicted octanol–water partition coefficient (Wildman–Crippen LogP) is 1.87. The molecule has 1 heterocycles. The minimum Gasteiger partial charge on any atom is -0.478 e. The summed E-state index contributed by atoms with van der Waals surface area (Å²) in [4.78, 5) is 22.6. The van der Waals surface area contributed by atoms with Gasteiger partial charge in [-0.3, -0.25) is 0 Å². The molecule has 3 rings (SSSR count). The topological polar surface area (TPSA) is 96.9 Å². The molecule has 2 amide bonds. The van der Waals surface area contributed by atoms with Crippen LogP contribution in [0.3, 0.4) is 0 Å². The van der Waals surface area contributed by atoms with Crippen LogP contribution < -0.4 is 10.6 Å². The maximum Gasteiger partial charge on any atom is 0.335 e. The molecular formula is C17H22N2O5. The van der Waals surface area contributed by atoms with Crippen molar-refractivity contribution in [3.05, 3.63) is 35.4 Å². The van der Waals surface area contributed by atoms with Gasteiger partial charge >= 0.3 is 12.0 Å². The highest BCUT2D eigenvalue weighted by Crippen LogP contribution is 2.38. The summed E-state index contributed by atoms with van der Waals surface area (Å²) in [5.74, 6) is -1.37. The Morgan fingerprint density at radius 1 is 1.17 bits per heavy atom. The lowest BCUT2D eigenvalue weighted by Gasteiger charge is -2.21. The molecule has 1 saturated carbocycles. The Hall–Kier alpha value is -2.12. The first-order valence-electron chi connectivity index (χ1n) is 8.22. The molecule has 0 bridgehead atoms. The number of rotatable bonds is 5. The van der Waals surface area contributed by atoms with Crippen LogP contribution in [0.25, 0.3) is 0 Å². The van der Waals surface area contributed by atoms with Gasteiger partial charge in [0, 0.05) is 25.9 Å². The van der Waals surface area contributed by atoms with Crippen LogP contribution in [0.15, 0.2) is 24.3 Å². The third-order valence-electron chi connectivity index (χ3n) is 4.42. The van der Waals surface area contributed by atoms with Gasteiger partial charge in [0.05, 0.1) is 12.2 Å². The molecule has 1 aromatic rings. The van der Waals surface area contributed by atoms with Crippen LogP contribution in [0.4, 0.5) is 4.79 Å². The smallest absolute Gasteiger partial charge is 0.335 e. The zero-order valence-electron chi connectivity index (χ0n) is 13.4. The number of ether oxygens (including phenoxy) is 2. The molecule has 2 fully saturated rings. The second-order valence-corrected chi connectivity index (χ2v) is 6.23. The molecule has 2 aliphatic rings. The fourth-order valence-electron chi connectivity index (χ4n) is 3.11. The lowest BCUT2D eigenvalue weighted by atomic mass is 10.1. The van der Waals surface area contributed by atoms with Crippen molar-refractivity contribution < 1.29 is 24.2 Å². The molecule has 0 radical (unpaired) electrons. The quantitative estimate of drug-likeness (QED) is 0.764. The zero-order chi connectivity index (χ0) is 17.0. The van der Waals surface area contributed by atoms with E-state index >= 15 is 0 Å². The summed E-state index contributed by atoms with van der Waals surface area (Å²) in [6.07, 6.45) is 4.01. The Labute approximate surface area is 140 Å². The van der Waals surface area contributed by atoms with E-state index in [0.717, 1.165) is 31.2 Å². The molecule has 3 N–H and O–H groups in total. The molecule has 0 aromatic heterocycles. The molecule has 7 heteroatoms. The van der Waals surface area contributed by atoms with Gasteiger partial charge in [-0.05, 0) is 30.5 Å². The normalized spacial score (nSPS) is 21.8. The highest BCUT2D eigenvalue weighted by Gasteiger charge is 2.43. The van der Waals surface area contributed by atoms with Gasteiger partial charge in [-0.15, -0.1) is 0 Å². The van der Waals surface area contributed by atoms with Gasteiger partial charge in [-0.1, -0.05) is 12.1 Å². The van der Waals surface area contributed by atoms with Crippen LogP contribution in [0.1, 0.15) is 41.6 Å². The van der Waals surface area contributed by atoms with Crippen LogP contribution in [0.5, 0.6) is 0 Å². The average Bonchev–Trinajstić information content (AvgIpc) is 3.21. The highest BCUT2D eigenvalue weighted by molar-refractivity contribution is 5.87. The van der Waals surface area contributed by atoms with Gasteiger partial charge in [0.2, 0.25) is 0 Å². The van der Waals surface area contributed by atoms with Crippen molar-refractivity contribution in [2.75, 3.05) is 13.2 Å². The number of carboxylic acid groups (broad SMARTS) is 1. The van der Waals surface area contributed by atoms with E-state index in [0.29, 0.717) is 19.7 Å². The van der Waals surface area contributed by atoms with Gasteiger partial charge in [0.1, 0.15) is 6.10 Å². The first kappa shape index (κ1) is 16.7. The van der Waals surface area contributed by atoms with E-state index in [1.54, 1.807) is 12.1 Å². The number of aromatic carboxylic acids is 1. The largest absolute Gasteiger partial charge is 0.478 e. The lowest BCUT2D eigenvalue weighted by molar-refractivity contribution is -0.160. The SMILES string of the molecule is O=C(NCc1ccc(C(=O)O)cc1)NCC1COC2(CCCC2)O1. The van der Waals surface area contributed by atoms with E-state index in [9.17, 15) is 9.59 Å². The standard InChI is InChI=1S/C17H22N2O5/c20-15(21)13-5-3-12(4-6-13)9-18-16(22)19-10-14-11-23-17(24-14)7-1-2-8-17/h3-6,14H,1-2,7-11H2,(H,20,21)(H2,18,19,22). The van der Waals surface area contributed by atoms with E-state index < -0.39 is 11.8 Å². The minimum absolute atomic E-state index is 0.108. The summed E-state index contributed by atoms with van der Waals surface area (Å²) in [6, 6.07) is 6.11. The monoisotopic (exact) mass is 334 g/mol. The van der Waals surface area contributed by atoms with Crippen molar-refractivity contribution in [3.8, 4) is 0 Å². The number of benzene rings is 1. The Bertz CT molecular complexity index is 596. The van der Waals surface area contributed by atoms with E-state index in [4.69, 9.17) is 14.6 Å². The second-order valence-electron chi connectivity index (χ2n) is 6.23. The summed E-state index contributed by atoms with van der Waals surface area (Å²) < 4.78 is 11.7. The predicted molar refractivity (Wildman–Crippen MR) is 85.7 cm³/mol. The molecule has 1 spiro atoms. The van der Waals surface area contributed by atoms with Gasteiger partial charge in [0.25, 0.3) is 0 Å². The number of carbonyl (C=O) groups excluding carboxylic acids is 1. The minimum atomic E-state index is -0.967. The van der Waals surface area contributed by atoms with Crippen LogP contribution in [0.2, 0.25) is 0 Å². The number of carboxylic acids is 1. The third-order valence-corrected chi connectivity index (χ3v) is 4.42. The summed E-state index contributed by atoms with van der Waals surface area (Å²) in [5, 5.41) is 14.4. The highest BCUT2D eigenvalue weighted by atomic mass is 16.7. The van der Waals surface area contributed by atoms with Crippen molar-refractivity contribution in [2.24, 2.45) is 0 Å². The second kappa shape index (κ2) is 7.19. The first-order valence-corrected chi connectivity index (χ1v) is 8.22. The molecular weight excluding hydrogens is 312 g/mol. The molecule has 1 unspecified atom stereocenters. The molecule has 1 atom stereocenters. The summed E-state index contributed by atoms with van der Waals surface area (Å²) in [7, 11) is 0. The molecule has 1 saturated heterocycles. The van der Waals surface area contributed by atoms with Crippen LogP contribution in [0, 0.1) is 0 Å². The van der Waals surface area contributed by atoms with E-state index in [1.807, 2.05) is 0 Å². The maximum atomic E-state index is 11.8. The van der Waals surface area contributed by atoms with E-state index in [2.05, 4.69) is 10.6 Å². The third kappa shape index (κ3) is 4.04. The average molecular weight is 334 g/mol. The molecule has 1 aliphatic heterocycles. The van der Waals surface area contributed by atoms with Crippen LogP contribution in [-0.2, 0) is 16.0 Å². The molecule has 24 heavy (non-hydrogen) atoms. The van der Waals surface area contributed by atoms with E-state index in [-0.39, 0.29) is 17.7 Å². The Morgan fingerprint density at radius 2 is 1.88 bits per heavy atom. The van der Waals surface area contributed by atoms with Crippen LogP contribution >= 0.6 is 0 Å². The van der Waals surface area contributed by atoms with Gasteiger partial charge in [-0.2, -0.15) is 0 Å². The van der Waals surface area contributed by atoms with Gasteiger partial charge in [0.15, 0.2) is 5.79 Å². The molecule has 1 aromatic carbocycles. The van der Waals surface area contributed by atoms with Crippen molar-refractivity contribution >= 4 is 12.0 Å². The Kier molecular flexibility index (Phi) is 5.01. The Balaban J connectivity index is 1.38. The summed E-state index contributed by atoms with van der Waals surface area (Å²) in [6.45, 7) is 1.25. The lowest BCUT2D eigenvalue weighted by Crippen LogP contribution is -2.40. The molecule has 1 aliphatic carbocycles. The molecule has 130 valence electrons. The van der Waals surface area contributed by atoms with Crippen molar-refractivity contribution in [1.29, 1.82) is 0 Å². The first-order chi connectivity index (χ1) is 11.6. The number of amides is 2. The van der Waals surface area contributed by atoms with Crippen LogP contribution in [-0.4, -0.2) is 42.1 Å². The number of hydrogen-bond acceptors (Lipinski definition) is 4. The number of urea groups is 1. The zero-order valence-corrected chi connectivity index (χ0v) is 13.4. The fourth-order valence-corrected chi connectivity index (χ4v) is 3.11. The number of nitrogens with one attached hydrogen (secondary N) is 2. The number of carbonyl (C=O) groups is 2. The summed E-state index contributed by atoms with van der Waals surface area (Å²) >= 11 is 0. The fraction of sp³-hybridized carbons (Fsp3) is 0.529. The van der Waals surface area contributed by atoms with Crippen molar-refractivity contribution in [3.63, 3.8) is 0 Å². The molecule has 7 nitrogen and oxygen atoms in total. The van der Waals surface area contributed by atoms with Gasteiger partial charge in [-0.25, -0.2) is 9.59 Å². The maximum absolute atomic E-state index is 11.8. The van der Waals surface area contributed by atoms with Gasteiger partial charge < -0.3 is 25.2 Å².